The number of anilines is 1. The molecule has 1 aromatic rings. The fraction of sp³-hybridized carbons (Fsp3) is 0.300. The number of hydrogen-bond acceptors (Lipinski definition) is 2. The van der Waals surface area contributed by atoms with Gasteiger partial charge in [-0.2, -0.15) is 0 Å². The van der Waals surface area contributed by atoms with Gasteiger partial charge in [0, 0.05) is 12.5 Å². The summed E-state index contributed by atoms with van der Waals surface area (Å²) in [4.78, 5) is 10.9. The Balaban J connectivity index is 3.18. The van der Waals surface area contributed by atoms with Gasteiger partial charge in [-0.25, -0.2) is 0 Å². The van der Waals surface area contributed by atoms with E-state index in [1.165, 1.54) is 6.92 Å². The van der Waals surface area contributed by atoms with Crippen molar-refractivity contribution in [3.05, 3.63) is 22.7 Å². The highest BCUT2D eigenvalue weighted by atomic mass is 35.5. The van der Waals surface area contributed by atoms with Crippen LogP contribution in [0, 0.1) is 6.92 Å². The number of hydrogen-bond donors (Lipinski definition) is 1. The average molecular weight is 214 g/mol. The van der Waals surface area contributed by atoms with Gasteiger partial charge in [0.15, 0.2) is 0 Å². The second kappa shape index (κ2) is 4.33. The van der Waals surface area contributed by atoms with E-state index in [2.05, 4.69) is 5.32 Å². The lowest BCUT2D eigenvalue weighted by atomic mass is 10.2. The first kappa shape index (κ1) is 10.9. The molecular weight excluding hydrogens is 202 g/mol. The summed E-state index contributed by atoms with van der Waals surface area (Å²) < 4.78 is 5.11. The third-order valence-corrected chi connectivity index (χ3v) is 2.20. The molecule has 0 fully saturated rings. The van der Waals surface area contributed by atoms with Crippen LogP contribution in [0.5, 0.6) is 5.75 Å². The molecule has 0 saturated heterocycles. The monoisotopic (exact) mass is 213 g/mol. The van der Waals surface area contributed by atoms with Gasteiger partial charge in [-0.05, 0) is 19.1 Å². The number of carbonyl (C=O) groups excluding carboxylic acids is 1. The first-order chi connectivity index (χ1) is 6.56. The number of nitrogens with one attached hydrogen (secondary N) is 1. The molecular formula is C10H12ClNO2. The maximum Gasteiger partial charge on any atom is 0.221 e. The molecule has 0 aromatic heterocycles. The summed E-state index contributed by atoms with van der Waals surface area (Å²) in [6.45, 7) is 3.28. The Bertz CT molecular complexity index is 363. The van der Waals surface area contributed by atoms with Crippen LogP contribution in [0.2, 0.25) is 5.02 Å². The maximum absolute atomic E-state index is 10.9. The third-order valence-electron chi connectivity index (χ3n) is 1.89. The van der Waals surface area contributed by atoms with Crippen LogP contribution in [0.1, 0.15) is 12.5 Å². The van der Waals surface area contributed by atoms with Crippen LogP contribution in [-0.4, -0.2) is 13.0 Å². The quantitative estimate of drug-likeness (QED) is 0.820. The van der Waals surface area contributed by atoms with E-state index >= 15 is 0 Å². The van der Waals surface area contributed by atoms with E-state index in [9.17, 15) is 4.79 Å². The molecule has 1 amide bonds. The Morgan fingerprint density at radius 1 is 1.50 bits per heavy atom. The summed E-state index contributed by atoms with van der Waals surface area (Å²) >= 11 is 5.93. The Hall–Kier alpha value is -1.22. The van der Waals surface area contributed by atoms with Crippen LogP contribution in [0.25, 0.3) is 0 Å². The summed E-state index contributed by atoms with van der Waals surface area (Å²) in [6, 6.07) is 3.46. The summed E-state index contributed by atoms with van der Waals surface area (Å²) in [5.41, 5.74) is 1.44. The van der Waals surface area contributed by atoms with E-state index in [1.807, 2.05) is 6.92 Å². The van der Waals surface area contributed by atoms with E-state index in [0.29, 0.717) is 16.5 Å². The smallest absolute Gasteiger partial charge is 0.221 e. The van der Waals surface area contributed by atoms with Crippen molar-refractivity contribution in [1.82, 2.24) is 0 Å². The first-order valence-corrected chi connectivity index (χ1v) is 4.54. The number of methoxy groups -OCH3 is 1. The summed E-state index contributed by atoms with van der Waals surface area (Å²) in [5.74, 6) is 0.557. The Morgan fingerprint density at radius 2 is 2.14 bits per heavy atom. The Labute approximate surface area is 88.0 Å². The zero-order chi connectivity index (χ0) is 10.7. The van der Waals surface area contributed by atoms with Gasteiger partial charge in [0.2, 0.25) is 5.91 Å². The van der Waals surface area contributed by atoms with Crippen molar-refractivity contribution in [2.45, 2.75) is 13.8 Å². The van der Waals surface area contributed by atoms with Crippen LogP contribution in [0.4, 0.5) is 5.69 Å². The minimum absolute atomic E-state index is 0.150. The second-order valence-electron chi connectivity index (χ2n) is 2.93. The molecule has 4 heteroatoms. The first-order valence-electron chi connectivity index (χ1n) is 4.17. The van der Waals surface area contributed by atoms with Crippen LogP contribution >= 0.6 is 11.6 Å². The lowest BCUT2D eigenvalue weighted by Gasteiger charge is -2.12. The number of ether oxygens (including phenoxy) is 1. The normalized spacial score (nSPS) is 9.71. The average Bonchev–Trinajstić information content (AvgIpc) is 2.12. The van der Waals surface area contributed by atoms with Crippen LogP contribution in [0.15, 0.2) is 12.1 Å². The SMILES string of the molecule is COc1ccc(Cl)c(NC(C)=O)c1C. The van der Waals surface area contributed by atoms with Gasteiger partial charge in [0.05, 0.1) is 17.8 Å². The highest BCUT2D eigenvalue weighted by Crippen LogP contribution is 2.32. The molecule has 0 aliphatic carbocycles. The van der Waals surface area contributed by atoms with Gasteiger partial charge < -0.3 is 10.1 Å². The summed E-state index contributed by atoms with van der Waals surface area (Å²) in [6.07, 6.45) is 0. The van der Waals surface area contributed by atoms with Crippen molar-refractivity contribution in [2.24, 2.45) is 0 Å². The molecule has 1 rings (SSSR count). The lowest BCUT2D eigenvalue weighted by molar-refractivity contribution is -0.114. The van der Waals surface area contributed by atoms with Gasteiger partial charge in [0.25, 0.3) is 0 Å². The topological polar surface area (TPSA) is 38.3 Å². The highest BCUT2D eigenvalue weighted by Gasteiger charge is 2.09. The highest BCUT2D eigenvalue weighted by molar-refractivity contribution is 6.34. The molecule has 1 N–H and O–H groups in total. The van der Waals surface area contributed by atoms with Gasteiger partial charge in [-0.3, -0.25) is 4.79 Å². The molecule has 0 aliphatic heterocycles. The summed E-state index contributed by atoms with van der Waals surface area (Å²) in [5, 5.41) is 3.18. The predicted octanol–water partition coefficient (Wildman–Crippen LogP) is 2.62. The minimum Gasteiger partial charge on any atom is -0.496 e. The number of amides is 1. The molecule has 3 nitrogen and oxygen atoms in total. The zero-order valence-corrected chi connectivity index (χ0v) is 9.11. The predicted molar refractivity (Wildman–Crippen MR) is 57.0 cm³/mol. The van der Waals surface area contributed by atoms with Crippen LogP contribution < -0.4 is 10.1 Å². The van der Waals surface area contributed by atoms with Crippen molar-refractivity contribution < 1.29 is 9.53 Å². The van der Waals surface area contributed by atoms with Crippen molar-refractivity contribution in [3.8, 4) is 5.75 Å². The number of halogens is 1. The van der Waals surface area contributed by atoms with Crippen molar-refractivity contribution in [1.29, 1.82) is 0 Å². The van der Waals surface area contributed by atoms with E-state index in [-0.39, 0.29) is 5.91 Å². The van der Waals surface area contributed by atoms with E-state index in [4.69, 9.17) is 16.3 Å². The van der Waals surface area contributed by atoms with E-state index < -0.39 is 0 Å². The lowest BCUT2D eigenvalue weighted by Crippen LogP contribution is -2.08. The van der Waals surface area contributed by atoms with E-state index in [0.717, 1.165) is 5.56 Å². The Morgan fingerprint density at radius 3 is 2.64 bits per heavy atom. The standard InChI is InChI=1S/C10H12ClNO2/c1-6-9(14-3)5-4-8(11)10(6)12-7(2)13/h4-5H,1-3H3,(H,12,13). The van der Waals surface area contributed by atoms with Gasteiger partial charge in [0.1, 0.15) is 5.75 Å². The molecule has 0 heterocycles. The molecule has 0 atom stereocenters. The number of rotatable bonds is 2. The molecule has 0 aliphatic rings. The second-order valence-corrected chi connectivity index (χ2v) is 3.34. The van der Waals surface area contributed by atoms with E-state index in [1.54, 1.807) is 19.2 Å². The minimum atomic E-state index is -0.150. The molecule has 0 saturated carbocycles. The fourth-order valence-electron chi connectivity index (χ4n) is 1.21. The van der Waals surface area contributed by atoms with Crippen molar-refractivity contribution >= 4 is 23.2 Å². The van der Waals surface area contributed by atoms with Crippen LogP contribution in [0.3, 0.4) is 0 Å². The van der Waals surface area contributed by atoms with Crippen molar-refractivity contribution in [2.75, 3.05) is 12.4 Å². The third kappa shape index (κ3) is 2.17. The molecule has 76 valence electrons. The molecule has 0 unspecified atom stereocenters. The van der Waals surface area contributed by atoms with Gasteiger partial charge in [-0.1, -0.05) is 11.6 Å². The number of benzene rings is 1. The van der Waals surface area contributed by atoms with Gasteiger partial charge in [-0.15, -0.1) is 0 Å². The Kier molecular flexibility index (Phi) is 3.36. The largest absolute Gasteiger partial charge is 0.496 e. The fourth-order valence-corrected chi connectivity index (χ4v) is 1.46. The number of carbonyl (C=O) groups is 1. The molecule has 0 radical (unpaired) electrons. The van der Waals surface area contributed by atoms with Crippen molar-refractivity contribution in [3.63, 3.8) is 0 Å². The zero-order valence-electron chi connectivity index (χ0n) is 8.35. The molecule has 1 aromatic carbocycles. The maximum atomic E-state index is 10.9. The molecule has 0 bridgehead atoms. The van der Waals surface area contributed by atoms with Crippen LogP contribution in [-0.2, 0) is 4.79 Å². The molecule has 14 heavy (non-hydrogen) atoms. The summed E-state index contributed by atoms with van der Waals surface area (Å²) in [7, 11) is 1.58. The molecule has 0 spiro atoms. The van der Waals surface area contributed by atoms with Gasteiger partial charge >= 0.3 is 0 Å².